The van der Waals surface area contributed by atoms with Crippen LogP contribution < -0.4 is 5.32 Å². The molecule has 1 aromatic rings. The van der Waals surface area contributed by atoms with Gasteiger partial charge in [0.15, 0.2) is 5.54 Å². The lowest BCUT2D eigenvalue weighted by molar-refractivity contribution is -0.149. The highest BCUT2D eigenvalue weighted by Gasteiger charge is 2.44. The van der Waals surface area contributed by atoms with Crippen molar-refractivity contribution in [3.05, 3.63) is 35.9 Å². The van der Waals surface area contributed by atoms with Gasteiger partial charge in [0, 0.05) is 12.6 Å². The zero-order valence-electron chi connectivity index (χ0n) is 12.1. The quantitative estimate of drug-likeness (QED) is 0.766. The van der Waals surface area contributed by atoms with E-state index in [1.165, 1.54) is 0 Å². The number of hydrogen-bond donors (Lipinski definition) is 2. The molecule has 0 spiro atoms. The molecule has 20 heavy (non-hydrogen) atoms. The minimum atomic E-state index is -1.14. The monoisotopic (exact) mass is 277 g/mol. The van der Waals surface area contributed by atoms with Gasteiger partial charge in [-0.15, -0.1) is 0 Å². The smallest absolute Gasteiger partial charge is 0.331 e. The van der Waals surface area contributed by atoms with E-state index in [-0.39, 0.29) is 12.6 Å². The molecular formula is C16H23NO3. The topological polar surface area (TPSA) is 58.6 Å². The van der Waals surface area contributed by atoms with E-state index in [0.717, 1.165) is 18.4 Å². The van der Waals surface area contributed by atoms with E-state index in [9.17, 15) is 9.90 Å². The van der Waals surface area contributed by atoms with Crippen LogP contribution in [-0.4, -0.2) is 30.3 Å². The summed E-state index contributed by atoms with van der Waals surface area (Å²) in [6, 6.07) is 9.61. The van der Waals surface area contributed by atoms with Crippen LogP contribution in [-0.2, 0) is 15.1 Å². The molecule has 1 saturated carbocycles. The van der Waals surface area contributed by atoms with E-state index in [2.05, 4.69) is 19.2 Å². The average molecular weight is 277 g/mol. The third-order valence-corrected chi connectivity index (χ3v) is 3.43. The molecule has 2 N–H and O–H groups in total. The molecule has 0 aromatic heterocycles. The summed E-state index contributed by atoms with van der Waals surface area (Å²) in [4.78, 5) is 11.9. The predicted octanol–water partition coefficient (Wildman–Crippen LogP) is 2.39. The first-order chi connectivity index (χ1) is 9.54. The Morgan fingerprint density at radius 3 is 2.55 bits per heavy atom. The summed E-state index contributed by atoms with van der Waals surface area (Å²) in [6.07, 6.45) is 2.07. The van der Waals surface area contributed by atoms with Crippen molar-refractivity contribution in [1.29, 1.82) is 0 Å². The Labute approximate surface area is 120 Å². The molecule has 0 radical (unpaired) electrons. The van der Waals surface area contributed by atoms with Gasteiger partial charge in [0.1, 0.15) is 0 Å². The Bertz CT molecular complexity index is 442. The second-order valence-electron chi connectivity index (χ2n) is 5.90. The molecule has 1 aromatic carbocycles. The van der Waals surface area contributed by atoms with Crippen molar-refractivity contribution < 1.29 is 14.6 Å². The van der Waals surface area contributed by atoms with Gasteiger partial charge in [0.25, 0.3) is 0 Å². The van der Waals surface area contributed by atoms with Crippen LogP contribution in [0.15, 0.2) is 30.3 Å². The van der Waals surface area contributed by atoms with Crippen molar-refractivity contribution >= 4 is 5.97 Å². The molecule has 4 heteroatoms. The largest absolute Gasteiger partial charge is 0.480 e. The SMILES string of the molecule is CC(C)COCC(NC1CC1)(C(=O)O)c1ccccc1. The van der Waals surface area contributed by atoms with Crippen LogP contribution in [0.25, 0.3) is 0 Å². The van der Waals surface area contributed by atoms with Crippen LogP contribution in [0.4, 0.5) is 0 Å². The first-order valence-electron chi connectivity index (χ1n) is 7.19. The molecule has 4 nitrogen and oxygen atoms in total. The Balaban J connectivity index is 2.21. The molecule has 1 unspecified atom stereocenters. The molecule has 0 heterocycles. The van der Waals surface area contributed by atoms with Crippen molar-refractivity contribution in [2.45, 2.75) is 38.3 Å². The Hall–Kier alpha value is -1.39. The molecule has 1 aliphatic carbocycles. The van der Waals surface area contributed by atoms with Gasteiger partial charge in [-0.1, -0.05) is 44.2 Å². The minimum absolute atomic E-state index is 0.154. The van der Waals surface area contributed by atoms with Crippen LogP contribution in [0.3, 0.4) is 0 Å². The standard InChI is InChI=1S/C16H23NO3/c1-12(2)10-20-11-16(15(18)19,17-14-8-9-14)13-6-4-3-5-7-13/h3-7,12,14,17H,8-11H2,1-2H3,(H,18,19). The van der Waals surface area contributed by atoms with Crippen LogP contribution in [0.2, 0.25) is 0 Å². The minimum Gasteiger partial charge on any atom is -0.480 e. The molecule has 110 valence electrons. The second kappa shape index (κ2) is 6.37. The number of carbonyl (C=O) groups is 1. The second-order valence-corrected chi connectivity index (χ2v) is 5.90. The van der Waals surface area contributed by atoms with Gasteiger partial charge >= 0.3 is 5.97 Å². The van der Waals surface area contributed by atoms with Gasteiger partial charge in [0.05, 0.1) is 6.61 Å². The molecular weight excluding hydrogens is 254 g/mol. The van der Waals surface area contributed by atoms with Gasteiger partial charge in [-0.05, 0) is 24.3 Å². The summed E-state index contributed by atoms with van der Waals surface area (Å²) in [5.74, 6) is -0.488. The van der Waals surface area contributed by atoms with Crippen LogP contribution >= 0.6 is 0 Å². The number of carboxylic acid groups (broad SMARTS) is 1. The Morgan fingerprint density at radius 2 is 2.05 bits per heavy atom. The highest BCUT2D eigenvalue weighted by molar-refractivity contribution is 5.81. The maximum atomic E-state index is 11.9. The summed E-state index contributed by atoms with van der Waals surface area (Å²) in [7, 11) is 0. The zero-order chi connectivity index (χ0) is 14.6. The van der Waals surface area contributed by atoms with Crippen molar-refractivity contribution in [1.82, 2.24) is 5.32 Å². The first-order valence-corrected chi connectivity index (χ1v) is 7.19. The third-order valence-electron chi connectivity index (χ3n) is 3.43. The van der Waals surface area contributed by atoms with Crippen LogP contribution in [0.5, 0.6) is 0 Å². The fourth-order valence-electron chi connectivity index (χ4n) is 2.20. The van der Waals surface area contributed by atoms with Gasteiger partial charge in [0.2, 0.25) is 0 Å². The van der Waals surface area contributed by atoms with Gasteiger partial charge in [-0.25, -0.2) is 4.79 Å². The van der Waals surface area contributed by atoms with Crippen molar-refractivity contribution in [3.8, 4) is 0 Å². The van der Waals surface area contributed by atoms with Gasteiger partial charge < -0.3 is 9.84 Å². The van der Waals surface area contributed by atoms with Gasteiger partial charge in [-0.3, -0.25) is 5.32 Å². The number of rotatable bonds is 8. The molecule has 1 atom stereocenters. The van der Waals surface area contributed by atoms with E-state index < -0.39 is 11.5 Å². The number of aliphatic carboxylic acids is 1. The Morgan fingerprint density at radius 1 is 1.40 bits per heavy atom. The lowest BCUT2D eigenvalue weighted by atomic mass is 9.90. The number of carboxylic acids is 1. The summed E-state index contributed by atoms with van der Waals surface area (Å²) in [6.45, 7) is 4.83. The lowest BCUT2D eigenvalue weighted by Crippen LogP contribution is -2.53. The molecule has 1 aliphatic rings. The fraction of sp³-hybridized carbons (Fsp3) is 0.562. The Kier molecular flexibility index (Phi) is 4.78. The van der Waals surface area contributed by atoms with Crippen molar-refractivity contribution in [3.63, 3.8) is 0 Å². The molecule has 0 amide bonds. The zero-order valence-corrected chi connectivity index (χ0v) is 12.1. The van der Waals surface area contributed by atoms with E-state index in [1.54, 1.807) is 0 Å². The van der Waals surface area contributed by atoms with E-state index in [1.807, 2.05) is 30.3 Å². The van der Waals surface area contributed by atoms with Crippen LogP contribution in [0, 0.1) is 5.92 Å². The van der Waals surface area contributed by atoms with Crippen molar-refractivity contribution in [2.24, 2.45) is 5.92 Å². The summed E-state index contributed by atoms with van der Waals surface area (Å²) in [5, 5.41) is 13.0. The molecule has 1 fully saturated rings. The molecule has 0 aliphatic heterocycles. The average Bonchev–Trinajstić information content (AvgIpc) is 3.21. The predicted molar refractivity (Wildman–Crippen MR) is 77.6 cm³/mol. The molecule has 2 rings (SSSR count). The lowest BCUT2D eigenvalue weighted by Gasteiger charge is -2.31. The summed E-state index contributed by atoms with van der Waals surface area (Å²) < 4.78 is 5.66. The van der Waals surface area contributed by atoms with Crippen molar-refractivity contribution in [2.75, 3.05) is 13.2 Å². The van der Waals surface area contributed by atoms with Crippen LogP contribution in [0.1, 0.15) is 32.3 Å². The van der Waals surface area contributed by atoms with E-state index in [0.29, 0.717) is 12.5 Å². The fourth-order valence-corrected chi connectivity index (χ4v) is 2.20. The maximum Gasteiger partial charge on any atom is 0.331 e. The molecule has 0 saturated heterocycles. The normalized spacial score (nSPS) is 17.9. The van der Waals surface area contributed by atoms with E-state index in [4.69, 9.17) is 4.74 Å². The maximum absolute atomic E-state index is 11.9. The van der Waals surface area contributed by atoms with E-state index >= 15 is 0 Å². The summed E-state index contributed by atoms with van der Waals surface area (Å²) in [5.41, 5.74) is -0.389. The third kappa shape index (κ3) is 3.58. The highest BCUT2D eigenvalue weighted by Crippen LogP contribution is 2.29. The summed E-state index contributed by atoms with van der Waals surface area (Å²) >= 11 is 0. The number of nitrogens with one attached hydrogen (secondary N) is 1. The highest BCUT2D eigenvalue weighted by atomic mass is 16.5. The van der Waals surface area contributed by atoms with Gasteiger partial charge in [-0.2, -0.15) is 0 Å². The number of ether oxygens (including phenoxy) is 1. The molecule has 0 bridgehead atoms. The first kappa shape index (κ1) is 15.0. The number of hydrogen-bond acceptors (Lipinski definition) is 3. The number of benzene rings is 1.